The Kier molecular flexibility index (Phi) is 5.57. The topological polar surface area (TPSA) is 87.5 Å². The van der Waals surface area contributed by atoms with Crippen molar-refractivity contribution in [3.63, 3.8) is 0 Å². The number of nitrogens with zero attached hydrogens (tertiary/aromatic N) is 3. The number of urea groups is 1. The van der Waals surface area contributed by atoms with Crippen LogP contribution in [0, 0.1) is 6.92 Å². The lowest BCUT2D eigenvalue weighted by Crippen LogP contribution is -2.39. The van der Waals surface area contributed by atoms with Gasteiger partial charge < -0.3 is 15.3 Å². The molecule has 0 fully saturated rings. The Hall–Kier alpha value is -2.05. The molecule has 0 saturated heterocycles. The summed E-state index contributed by atoms with van der Waals surface area (Å²) in [4.78, 5) is 24.0. The van der Waals surface area contributed by atoms with Gasteiger partial charge in [0.05, 0.1) is 23.7 Å². The molecule has 1 heterocycles. The van der Waals surface area contributed by atoms with E-state index in [2.05, 4.69) is 31.2 Å². The second kappa shape index (κ2) is 6.81. The standard InChI is InChI=1S/C15H26N4O3/c1-10(16-14(22)18(6)8-7-13(20)21)12-9-19(15(3,4)5)17-11(12)2/h9-10H,7-8H2,1-6H3,(H,16,22)(H,20,21). The van der Waals surface area contributed by atoms with E-state index < -0.39 is 5.97 Å². The monoisotopic (exact) mass is 310 g/mol. The van der Waals surface area contributed by atoms with Crippen molar-refractivity contribution in [2.45, 2.75) is 52.6 Å². The highest BCUT2D eigenvalue weighted by Crippen LogP contribution is 2.21. The molecule has 0 aliphatic rings. The maximum atomic E-state index is 12.0. The van der Waals surface area contributed by atoms with Gasteiger partial charge in [-0.3, -0.25) is 9.48 Å². The molecule has 0 radical (unpaired) electrons. The van der Waals surface area contributed by atoms with Crippen LogP contribution in [0.15, 0.2) is 6.20 Å². The Labute approximate surface area is 131 Å². The third kappa shape index (κ3) is 4.75. The molecule has 2 amide bonds. The van der Waals surface area contributed by atoms with Crippen molar-refractivity contribution in [1.82, 2.24) is 20.0 Å². The van der Waals surface area contributed by atoms with Crippen molar-refractivity contribution >= 4 is 12.0 Å². The van der Waals surface area contributed by atoms with Gasteiger partial charge in [0.25, 0.3) is 0 Å². The van der Waals surface area contributed by atoms with Gasteiger partial charge in [-0.2, -0.15) is 5.10 Å². The van der Waals surface area contributed by atoms with Crippen LogP contribution >= 0.6 is 0 Å². The fraction of sp³-hybridized carbons (Fsp3) is 0.667. The molecule has 1 rings (SSSR count). The summed E-state index contributed by atoms with van der Waals surface area (Å²) >= 11 is 0. The van der Waals surface area contributed by atoms with Gasteiger partial charge in [-0.1, -0.05) is 0 Å². The lowest BCUT2D eigenvalue weighted by Gasteiger charge is -2.21. The minimum Gasteiger partial charge on any atom is -0.481 e. The second-order valence-electron chi connectivity index (χ2n) is 6.52. The maximum Gasteiger partial charge on any atom is 0.317 e. The summed E-state index contributed by atoms with van der Waals surface area (Å²) in [5.41, 5.74) is 1.70. The van der Waals surface area contributed by atoms with Gasteiger partial charge in [-0.15, -0.1) is 0 Å². The Morgan fingerprint density at radius 3 is 2.50 bits per heavy atom. The number of aliphatic carboxylic acids is 1. The van der Waals surface area contributed by atoms with Crippen LogP contribution in [0.5, 0.6) is 0 Å². The summed E-state index contributed by atoms with van der Waals surface area (Å²) in [6, 6.07) is -0.493. The first-order valence-electron chi connectivity index (χ1n) is 7.32. The zero-order valence-electron chi connectivity index (χ0n) is 14.2. The van der Waals surface area contributed by atoms with Crippen LogP contribution in [0.3, 0.4) is 0 Å². The molecule has 0 spiro atoms. The van der Waals surface area contributed by atoms with Gasteiger partial charge in [-0.05, 0) is 34.6 Å². The number of carboxylic acids is 1. The summed E-state index contributed by atoms with van der Waals surface area (Å²) in [5, 5.41) is 16.0. The molecule has 1 atom stereocenters. The summed E-state index contributed by atoms with van der Waals surface area (Å²) < 4.78 is 1.88. The van der Waals surface area contributed by atoms with Gasteiger partial charge in [-0.25, -0.2) is 4.79 Å². The zero-order chi connectivity index (χ0) is 17.1. The Morgan fingerprint density at radius 2 is 2.05 bits per heavy atom. The Bertz CT molecular complexity index is 545. The molecule has 124 valence electrons. The molecule has 7 nitrogen and oxygen atoms in total. The number of aryl methyl sites for hydroxylation is 1. The maximum absolute atomic E-state index is 12.0. The van der Waals surface area contributed by atoms with Crippen LogP contribution < -0.4 is 5.32 Å². The lowest BCUT2D eigenvalue weighted by molar-refractivity contribution is -0.137. The van der Waals surface area contributed by atoms with E-state index in [1.54, 1.807) is 7.05 Å². The number of carbonyl (C=O) groups excluding carboxylic acids is 1. The number of amides is 2. The molecule has 2 N–H and O–H groups in total. The third-order valence-electron chi connectivity index (χ3n) is 3.44. The number of hydrogen-bond acceptors (Lipinski definition) is 3. The molecule has 7 heteroatoms. The van der Waals surface area contributed by atoms with Crippen LogP contribution in [0.2, 0.25) is 0 Å². The Morgan fingerprint density at radius 1 is 1.45 bits per heavy atom. The third-order valence-corrected chi connectivity index (χ3v) is 3.44. The van der Waals surface area contributed by atoms with Crippen molar-refractivity contribution in [2.24, 2.45) is 0 Å². The van der Waals surface area contributed by atoms with E-state index in [1.807, 2.05) is 24.7 Å². The first kappa shape index (κ1) is 18.0. The number of carboxylic acid groups (broad SMARTS) is 1. The van der Waals surface area contributed by atoms with Crippen LogP contribution in [-0.2, 0) is 10.3 Å². The quantitative estimate of drug-likeness (QED) is 0.872. The normalized spacial score (nSPS) is 12.8. The SMILES string of the molecule is Cc1nn(C(C)(C)C)cc1C(C)NC(=O)N(C)CCC(=O)O. The highest BCUT2D eigenvalue weighted by Gasteiger charge is 2.21. The van der Waals surface area contributed by atoms with Gasteiger partial charge >= 0.3 is 12.0 Å². The van der Waals surface area contributed by atoms with Crippen LogP contribution in [0.25, 0.3) is 0 Å². The number of carbonyl (C=O) groups is 2. The van der Waals surface area contributed by atoms with Gasteiger partial charge in [0, 0.05) is 25.4 Å². The number of rotatable bonds is 5. The first-order valence-corrected chi connectivity index (χ1v) is 7.32. The number of aromatic nitrogens is 2. The average molecular weight is 310 g/mol. The smallest absolute Gasteiger partial charge is 0.317 e. The fourth-order valence-corrected chi connectivity index (χ4v) is 1.98. The molecular formula is C15H26N4O3. The summed E-state index contributed by atoms with van der Waals surface area (Å²) in [7, 11) is 1.58. The molecule has 1 unspecified atom stereocenters. The summed E-state index contributed by atoms with van der Waals surface area (Å²) in [6.45, 7) is 10.2. The highest BCUT2D eigenvalue weighted by molar-refractivity contribution is 5.75. The van der Waals surface area contributed by atoms with Crippen molar-refractivity contribution in [1.29, 1.82) is 0 Å². The van der Waals surface area contributed by atoms with Crippen molar-refractivity contribution in [2.75, 3.05) is 13.6 Å². The number of nitrogens with one attached hydrogen (secondary N) is 1. The van der Waals surface area contributed by atoms with E-state index in [9.17, 15) is 9.59 Å². The van der Waals surface area contributed by atoms with E-state index in [1.165, 1.54) is 4.90 Å². The summed E-state index contributed by atoms with van der Waals surface area (Å²) in [6.07, 6.45) is 1.87. The minimum absolute atomic E-state index is 0.0702. The molecule has 0 saturated carbocycles. The van der Waals surface area contributed by atoms with E-state index in [0.29, 0.717) is 0 Å². The molecule has 1 aromatic rings. The van der Waals surface area contributed by atoms with E-state index in [0.717, 1.165) is 11.3 Å². The van der Waals surface area contributed by atoms with Crippen LogP contribution in [0.1, 0.15) is 51.4 Å². The van der Waals surface area contributed by atoms with Gasteiger partial charge in [0.15, 0.2) is 0 Å². The Balaban J connectivity index is 2.72. The molecule has 0 bridgehead atoms. The van der Waals surface area contributed by atoms with Crippen molar-refractivity contribution < 1.29 is 14.7 Å². The zero-order valence-corrected chi connectivity index (χ0v) is 14.2. The number of hydrogen-bond donors (Lipinski definition) is 2. The van der Waals surface area contributed by atoms with Crippen LogP contribution in [0.4, 0.5) is 4.79 Å². The van der Waals surface area contributed by atoms with Gasteiger partial charge in [0.2, 0.25) is 0 Å². The first-order chi connectivity index (χ1) is 10.0. The molecule has 0 aliphatic carbocycles. The minimum atomic E-state index is -0.921. The average Bonchev–Trinajstić information content (AvgIpc) is 2.77. The predicted molar refractivity (Wildman–Crippen MR) is 83.8 cm³/mol. The molecule has 0 aromatic carbocycles. The predicted octanol–water partition coefficient (Wildman–Crippen LogP) is 2.12. The van der Waals surface area contributed by atoms with E-state index in [4.69, 9.17) is 5.11 Å². The van der Waals surface area contributed by atoms with E-state index in [-0.39, 0.29) is 30.6 Å². The summed E-state index contributed by atoms with van der Waals surface area (Å²) in [5.74, 6) is -0.921. The fourth-order valence-electron chi connectivity index (χ4n) is 1.98. The molecule has 22 heavy (non-hydrogen) atoms. The highest BCUT2D eigenvalue weighted by atomic mass is 16.4. The van der Waals surface area contributed by atoms with Gasteiger partial charge in [0.1, 0.15) is 0 Å². The lowest BCUT2D eigenvalue weighted by atomic mass is 10.1. The molecule has 1 aromatic heterocycles. The van der Waals surface area contributed by atoms with E-state index >= 15 is 0 Å². The van der Waals surface area contributed by atoms with Crippen molar-refractivity contribution in [3.05, 3.63) is 17.5 Å². The van der Waals surface area contributed by atoms with Crippen LogP contribution in [-0.4, -0.2) is 45.4 Å². The molecule has 0 aliphatic heterocycles. The van der Waals surface area contributed by atoms with Crippen molar-refractivity contribution in [3.8, 4) is 0 Å². The largest absolute Gasteiger partial charge is 0.481 e. The second-order valence-corrected chi connectivity index (χ2v) is 6.52. The molecular weight excluding hydrogens is 284 g/mol.